The van der Waals surface area contributed by atoms with Gasteiger partial charge in [-0.3, -0.25) is 0 Å². The number of phenolic OH excluding ortho intramolecular Hbond substituents is 1. The van der Waals surface area contributed by atoms with Gasteiger partial charge in [-0.1, -0.05) is 24.3 Å². The van der Waals surface area contributed by atoms with Crippen LogP contribution in [0.5, 0.6) is 5.75 Å². The largest absolute Gasteiger partial charge is 0.508 e. The predicted molar refractivity (Wildman–Crippen MR) is 115 cm³/mol. The first kappa shape index (κ1) is 20.1. The molecular formula is C22H21N3O4S. The summed E-state index contributed by atoms with van der Waals surface area (Å²) < 4.78 is 28.1. The second-order valence-electron chi connectivity index (χ2n) is 6.99. The number of aromatic amines is 1. The van der Waals surface area contributed by atoms with E-state index in [0.29, 0.717) is 6.42 Å². The molecule has 0 fully saturated rings. The molecule has 2 heterocycles. The van der Waals surface area contributed by atoms with Crippen LogP contribution in [-0.2, 0) is 16.4 Å². The second-order valence-corrected chi connectivity index (χ2v) is 8.71. The molecule has 8 heteroatoms. The van der Waals surface area contributed by atoms with E-state index < -0.39 is 16.1 Å². The number of aliphatic hydroxyl groups excluding tert-OH is 1. The van der Waals surface area contributed by atoms with Crippen LogP contribution in [0.15, 0.2) is 78.0 Å². The van der Waals surface area contributed by atoms with Crippen molar-refractivity contribution in [2.45, 2.75) is 17.4 Å². The maximum Gasteiger partial charge on any atom is 0.240 e. The Morgan fingerprint density at radius 3 is 2.43 bits per heavy atom. The first-order valence-electron chi connectivity index (χ1n) is 9.40. The lowest BCUT2D eigenvalue weighted by atomic mass is 10.0. The van der Waals surface area contributed by atoms with Gasteiger partial charge in [0.05, 0.1) is 11.5 Å². The number of benzene rings is 2. The van der Waals surface area contributed by atoms with E-state index in [9.17, 15) is 18.6 Å². The van der Waals surface area contributed by atoms with Crippen LogP contribution in [0.4, 0.5) is 0 Å². The van der Waals surface area contributed by atoms with Gasteiger partial charge in [0.1, 0.15) is 11.4 Å². The van der Waals surface area contributed by atoms with Crippen LogP contribution in [0, 0.1) is 0 Å². The number of aromatic nitrogens is 2. The number of rotatable bonds is 7. The fourth-order valence-corrected chi connectivity index (χ4v) is 4.60. The third-order valence-corrected chi connectivity index (χ3v) is 6.43. The summed E-state index contributed by atoms with van der Waals surface area (Å²) in [5.41, 5.74) is 3.41. The highest BCUT2D eigenvalue weighted by molar-refractivity contribution is 7.89. The molecule has 0 aliphatic heterocycles. The van der Waals surface area contributed by atoms with Crippen LogP contribution in [-0.4, -0.2) is 41.2 Å². The Morgan fingerprint density at radius 2 is 1.73 bits per heavy atom. The van der Waals surface area contributed by atoms with E-state index in [4.69, 9.17) is 0 Å². The molecule has 4 rings (SSSR count). The van der Waals surface area contributed by atoms with Gasteiger partial charge in [0.2, 0.25) is 10.0 Å². The van der Waals surface area contributed by atoms with Gasteiger partial charge in [0, 0.05) is 23.8 Å². The van der Waals surface area contributed by atoms with Crippen LogP contribution in [0.1, 0.15) is 5.56 Å². The SMILES string of the molecule is O=S(=O)(N[C@H](CO)Cc1ccc(O)cc1)c1ccc(-c2ccnc3[nH]ccc23)cc1. The molecule has 1 atom stereocenters. The summed E-state index contributed by atoms with van der Waals surface area (Å²) >= 11 is 0. The average Bonchev–Trinajstić information content (AvgIpc) is 3.24. The summed E-state index contributed by atoms with van der Waals surface area (Å²) in [6.45, 7) is -0.347. The number of sulfonamides is 1. The number of nitrogens with zero attached hydrogens (tertiary/aromatic N) is 1. The van der Waals surface area contributed by atoms with Crippen LogP contribution in [0.2, 0.25) is 0 Å². The molecular weight excluding hydrogens is 402 g/mol. The molecule has 4 aromatic rings. The minimum absolute atomic E-state index is 0.120. The van der Waals surface area contributed by atoms with Gasteiger partial charge in [-0.2, -0.15) is 0 Å². The number of aromatic hydroxyl groups is 1. The molecule has 0 bridgehead atoms. The molecule has 0 aliphatic carbocycles. The molecule has 0 unspecified atom stereocenters. The minimum atomic E-state index is -3.81. The highest BCUT2D eigenvalue weighted by Gasteiger charge is 2.20. The van der Waals surface area contributed by atoms with Gasteiger partial charge < -0.3 is 15.2 Å². The third-order valence-electron chi connectivity index (χ3n) is 4.90. The standard InChI is InChI=1S/C22H21N3O4S/c26-14-17(13-15-1-5-18(27)6-2-15)25-30(28,29)19-7-3-16(4-8-19)20-9-11-23-22-21(20)10-12-24-22/h1-12,17,25-27H,13-14H2,(H,23,24)/t17-/m0/s1. The zero-order chi connectivity index (χ0) is 21.1. The zero-order valence-corrected chi connectivity index (χ0v) is 16.8. The smallest absolute Gasteiger partial charge is 0.240 e. The van der Waals surface area contributed by atoms with Crippen molar-refractivity contribution in [1.82, 2.24) is 14.7 Å². The number of H-pyrrole nitrogens is 1. The Labute approximate surface area is 174 Å². The lowest BCUT2D eigenvalue weighted by molar-refractivity contribution is 0.256. The number of hydrogen-bond acceptors (Lipinski definition) is 5. The summed E-state index contributed by atoms with van der Waals surface area (Å²) in [6, 6.07) is 16.2. The van der Waals surface area contributed by atoms with E-state index in [1.807, 2.05) is 18.3 Å². The number of phenols is 1. The predicted octanol–water partition coefficient (Wildman–Crippen LogP) is 2.82. The number of hydrogen-bond donors (Lipinski definition) is 4. The summed E-state index contributed by atoms with van der Waals surface area (Å²) in [5, 5.41) is 20.0. The normalized spacial score (nSPS) is 12.8. The van der Waals surface area contributed by atoms with Crippen molar-refractivity contribution >= 4 is 21.1 Å². The maximum absolute atomic E-state index is 12.8. The van der Waals surface area contributed by atoms with E-state index in [1.165, 1.54) is 12.1 Å². The summed E-state index contributed by atoms with van der Waals surface area (Å²) in [6.07, 6.45) is 3.82. The molecule has 0 aliphatic rings. The van der Waals surface area contributed by atoms with Crippen molar-refractivity contribution in [2.24, 2.45) is 0 Å². The number of fused-ring (bicyclic) bond motifs is 1. The zero-order valence-electron chi connectivity index (χ0n) is 16.0. The van der Waals surface area contributed by atoms with Crippen LogP contribution < -0.4 is 4.72 Å². The highest BCUT2D eigenvalue weighted by atomic mass is 32.2. The van der Waals surface area contributed by atoms with Crippen molar-refractivity contribution < 1.29 is 18.6 Å². The average molecular weight is 423 g/mol. The Hall–Kier alpha value is -3.20. The van der Waals surface area contributed by atoms with Crippen molar-refractivity contribution in [2.75, 3.05) is 6.61 Å². The molecule has 0 amide bonds. The second kappa shape index (κ2) is 8.27. The van der Waals surface area contributed by atoms with E-state index >= 15 is 0 Å². The van der Waals surface area contributed by atoms with Crippen molar-refractivity contribution in [1.29, 1.82) is 0 Å². The Bertz CT molecular complexity index is 1250. The first-order valence-corrected chi connectivity index (χ1v) is 10.9. The van der Waals surface area contributed by atoms with E-state index in [1.54, 1.807) is 42.6 Å². The number of pyridine rings is 1. The van der Waals surface area contributed by atoms with Gasteiger partial charge in [-0.05, 0) is 59.5 Å². The molecule has 0 saturated heterocycles. The van der Waals surface area contributed by atoms with E-state index in [0.717, 1.165) is 27.7 Å². The van der Waals surface area contributed by atoms with E-state index in [2.05, 4.69) is 14.7 Å². The summed E-state index contributed by atoms with van der Waals surface area (Å²) in [4.78, 5) is 7.45. The van der Waals surface area contributed by atoms with Gasteiger partial charge in [0.15, 0.2) is 0 Å². The molecule has 2 aromatic carbocycles. The van der Waals surface area contributed by atoms with Gasteiger partial charge >= 0.3 is 0 Å². The lowest BCUT2D eigenvalue weighted by Crippen LogP contribution is -2.39. The summed E-state index contributed by atoms with van der Waals surface area (Å²) in [5.74, 6) is 0.131. The van der Waals surface area contributed by atoms with Crippen molar-refractivity contribution in [3.8, 4) is 16.9 Å². The third kappa shape index (κ3) is 4.20. The lowest BCUT2D eigenvalue weighted by Gasteiger charge is -2.17. The maximum atomic E-state index is 12.8. The molecule has 2 aromatic heterocycles. The summed E-state index contributed by atoms with van der Waals surface area (Å²) in [7, 11) is -3.81. The topological polar surface area (TPSA) is 115 Å². The van der Waals surface area contributed by atoms with Crippen molar-refractivity contribution in [3.05, 3.63) is 78.6 Å². The van der Waals surface area contributed by atoms with Crippen LogP contribution >= 0.6 is 0 Å². The molecule has 30 heavy (non-hydrogen) atoms. The van der Waals surface area contributed by atoms with Gasteiger partial charge in [0.25, 0.3) is 0 Å². The molecule has 4 N–H and O–H groups in total. The number of nitrogens with one attached hydrogen (secondary N) is 2. The van der Waals surface area contributed by atoms with Crippen LogP contribution in [0.3, 0.4) is 0 Å². The van der Waals surface area contributed by atoms with Crippen molar-refractivity contribution in [3.63, 3.8) is 0 Å². The molecule has 0 spiro atoms. The molecule has 0 saturated carbocycles. The van der Waals surface area contributed by atoms with E-state index in [-0.39, 0.29) is 17.3 Å². The molecule has 154 valence electrons. The minimum Gasteiger partial charge on any atom is -0.508 e. The number of aliphatic hydroxyl groups is 1. The fourth-order valence-electron chi connectivity index (χ4n) is 3.37. The highest BCUT2D eigenvalue weighted by Crippen LogP contribution is 2.27. The first-order chi connectivity index (χ1) is 14.5. The Balaban J connectivity index is 1.53. The monoisotopic (exact) mass is 423 g/mol. The molecule has 0 radical (unpaired) electrons. The fraction of sp³-hybridized carbons (Fsp3) is 0.136. The quantitative estimate of drug-likeness (QED) is 0.365. The van der Waals surface area contributed by atoms with Crippen LogP contribution in [0.25, 0.3) is 22.2 Å². The van der Waals surface area contributed by atoms with Gasteiger partial charge in [-0.15, -0.1) is 0 Å². The Kier molecular flexibility index (Phi) is 5.54. The molecule has 7 nitrogen and oxygen atoms in total. The van der Waals surface area contributed by atoms with Gasteiger partial charge in [-0.25, -0.2) is 18.1 Å². The Morgan fingerprint density at radius 1 is 1.00 bits per heavy atom.